The number of amides is 1. The topological polar surface area (TPSA) is 55.4 Å². The van der Waals surface area contributed by atoms with Crippen LogP contribution in [0, 0.1) is 13.8 Å². The molecule has 1 atom stereocenters. The van der Waals surface area contributed by atoms with Crippen LogP contribution in [-0.2, 0) is 9.53 Å². The molecule has 5 heteroatoms. The maximum absolute atomic E-state index is 12.1. The van der Waals surface area contributed by atoms with Gasteiger partial charge in [0.15, 0.2) is 6.10 Å². The number of esters is 1. The minimum Gasteiger partial charge on any atom is -0.449 e. The number of carbonyl (C=O) groups excluding carboxylic acids is 2. The molecule has 0 bridgehead atoms. The first-order valence-electron chi connectivity index (χ1n) is 7.55. The largest absolute Gasteiger partial charge is 0.449 e. The number of ether oxygens (including phenoxy) is 1. The van der Waals surface area contributed by atoms with E-state index >= 15 is 0 Å². The van der Waals surface area contributed by atoms with Crippen molar-refractivity contribution >= 4 is 23.2 Å². The fraction of sp³-hybridized carbons (Fsp3) is 0.625. The average Bonchev–Trinajstić information content (AvgIpc) is 2.78. The van der Waals surface area contributed by atoms with Gasteiger partial charge in [0.1, 0.15) is 0 Å². The number of rotatable bonds is 4. The number of aryl methyl sites for hydroxylation is 2. The molecule has 1 N–H and O–H groups in total. The van der Waals surface area contributed by atoms with Crippen molar-refractivity contribution in [2.45, 2.75) is 65.0 Å². The van der Waals surface area contributed by atoms with Crippen molar-refractivity contribution in [2.24, 2.45) is 0 Å². The van der Waals surface area contributed by atoms with Gasteiger partial charge >= 0.3 is 5.97 Å². The molecule has 0 unspecified atom stereocenters. The molecule has 1 aromatic rings. The number of hydrogen-bond donors (Lipinski definition) is 1. The van der Waals surface area contributed by atoms with Gasteiger partial charge in [0, 0.05) is 15.8 Å². The van der Waals surface area contributed by atoms with Gasteiger partial charge in [0.2, 0.25) is 0 Å². The lowest BCUT2D eigenvalue weighted by atomic mass is 9.95. The molecule has 1 aromatic heterocycles. The van der Waals surface area contributed by atoms with Crippen LogP contribution >= 0.6 is 11.3 Å². The molecular formula is C16H23NO3S. The fourth-order valence-corrected chi connectivity index (χ4v) is 3.59. The van der Waals surface area contributed by atoms with E-state index in [-0.39, 0.29) is 11.9 Å². The van der Waals surface area contributed by atoms with Crippen molar-refractivity contribution in [3.05, 3.63) is 21.4 Å². The Labute approximate surface area is 129 Å². The van der Waals surface area contributed by atoms with Gasteiger partial charge in [-0.2, -0.15) is 0 Å². The average molecular weight is 309 g/mol. The van der Waals surface area contributed by atoms with Crippen LogP contribution in [0.2, 0.25) is 0 Å². The summed E-state index contributed by atoms with van der Waals surface area (Å²) in [5.74, 6) is -0.608. The Balaban J connectivity index is 1.87. The minimum atomic E-state index is -0.751. The van der Waals surface area contributed by atoms with Crippen LogP contribution in [-0.4, -0.2) is 24.0 Å². The van der Waals surface area contributed by atoms with Gasteiger partial charge in [0.25, 0.3) is 5.91 Å². The van der Waals surface area contributed by atoms with Crippen LogP contribution in [0.5, 0.6) is 0 Å². The van der Waals surface area contributed by atoms with Crippen molar-refractivity contribution < 1.29 is 14.3 Å². The van der Waals surface area contributed by atoms with Gasteiger partial charge < -0.3 is 10.1 Å². The van der Waals surface area contributed by atoms with Crippen LogP contribution in [0.4, 0.5) is 0 Å². The van der Waals surface area contributed by atoms with E-state index in [1.807, 2.05) is 19.9 Å². The molecule has 1 aliphatic carbocycles. The van der Waals surface area contributed by atoms with Gasteiger partial charge in [0.05, 0.1) is 5.56 Å². The fourth-order valence-electron chi connectivity index (χ4n) is 2.68. The molecule has 0 spiro atoms. The Bertz CT molecular complexity index is 518. The lowest BCUT2D eigenvalue weighted by Crippen LogP contribution is -2.42. The SMILES string of the molecule is Cc1cc(C(=O)O[C@H](C)C(=O)NC2CCCCC2)c(C)s1. The Hall–Kier alpha value is -1.36. The number of hydrogen-bond acceptors (Lipinski definition) is 4. The minimum absolute atomic E-state index is 0.195. The van der Waals surface area contributed by atoms with Crippen LogP contribution in [0.15, 0.2) is 6.07 Å². The maximum Gasteiger partial charge on any atom is 0.340 e. The molecule has 1 amide bonds. The number of thiophene rings is 1. The van der Waals surface area contributed by atoms with E-state index in [4.69, 9.17) is 4.74 Å². The standard InChI is InChI=1S/C16H23NO3S/c1-10-9-14(12(3)21-10)16(19)20-11(2)15(18)17-13-7-5-4-6-8-13/h9,11,13H,4-8H2,1-3H3,(H,17,18)/t11-/m1/s1. The van der Waals surface area contributed by atoms with Crippen LogP contribution in [0.1, 0.15) is 59.1 Å². The van der Waals surface area contributed by atoms with Crippen LogP contribution in [0.25, 0.3) is 0 Å². The van der Waals surface area contributed by atoms with Gasteiger partial charge in [-0.25, -0.2) is 4.79 Å². The molecule has 1 saturated carbocycles. The first kappa shape index (κ1) is 16.0. The van der Waals surface area contributed by atoms with Gasteiger partial charge in [-0.05, 0) is 39.7 Å². The van der Waals surface area contributed by atoms with E-state index < -0.39 is 12.1 Å². The molecule has 0 saturated heterocycles. The van der Waals surface area contributed by atoms with Crippen LogP contribution < -0.4 is 5.32 Å². The molecular weight excluding hydrogens is 286 g/mol. The summed E-state index contributed by atoms with van der Waals surface area (Å²) < 4.78 is 5.29. The van der Waals surface area contributed by atoms with E-state index in [9.17, 15) is 9.59 Å². The van der Waals surface area contributed by atoms with Crippen molar-refractivity contribution in [3.8, 4) is 0 Å². The highest BCUT2D eigenvalue weighted by molar-refractivity contribution is 7.12. The van der Waals surface area contributed by atoms with Gasteiger partial charge in [-0.1, -0.05) is 19.3 Å². The van der Waals surface area contributed by atoms with E-state index in [0.29, 0.717) is 5.56 Å². The molecule has 0 radical (unpaired) electrons. The zero-order valence-corrected chi connectivity index (χ0v) is 13.7. The first-order chi connectivity index (χ1) is 9.97. The van der Waals surface area contributed by atoms with Gasteiger partial charge in [-0.15, -0.1) is 11.3 Å². The zero-order chi connectivity index (χ0) is 15.4. The molecule has 1 heterocycles. The Morgan fingerprint density at radius 2 is 1.95 bits per heavy atom. The maximum atomic E-state index is 12.1. The second-order valence-corrected chi connectivity index (χ2v) is 7.18. The Morgan fingerprint density at radius 1 is 1.29 bits per heavy atom. The van der Waals surface area contributed by atoms with E-state index in [0.717, 1.165) is 35.4 Å². The highest BCUT2D eigenvalue weighted by Crippen LogP contribution is 2.22. The highest BCUT2D eigenvalue weighted by Gasteiger charge is 2.23. The summed E-state index contributed by atoms with van der Waals surface area (Å²) >= 11 is 1.56. The third-order valence-electron chi connectivity index (χ3n) is 3.87. The summed E-state index contributed by atoms with van der Waals surface area (Å²) in [6.45, 7) is 5.47. The Morgan fingerprint density at radius 3 is 2.52 bits per heavy atom. The third-order valence-corrected chi connectivity index (χ3v) is 4.83. The molecule has 1 aliphatic rings. The van der Waals surface area contributed by atoms with Crippen LogP contribution in [0.3, 0.4) is 0 Å². The smallest absolute Gasteiger partial charge is 0.340 e. The molecule has 0 aliphatic heterocycles. The van der Waals surface area contributed by atoms with E-state index in [2.05, 4.69) is 5.32 Å². The van der Waals surface area contributed by atoms with E-state index in [1.165, 1.54) is 6.42 Å². The molecule has 1 fully saturated rings. The lowest BCUT2D eigenvalue weighted by molar-refractivity contribution is -0.130. The van der Waals surface area contributed by atoms with Crippen molar-refractivity contribution in [2.75, 3.05) is 0 Å². The highest BCUT2D eigenvalue weighted by atomic mass is 32.1. The Kier molecular flexibility index (Phi) is 5.39. The normalized spacial score (nSPS) is 17.3. The molecule has 2 rings (SSSR count). The molecule has 0 aromatic carbocycles. The summed E-state index contributed by atoms with van der Waals surface area (Å²) in [4.78, 5) is 26.2. The zero-order valence-electron chi connectivity index (χ0n) is 12.9. The number of nitrogens with one attached hydrogen (secondary N) is 1. The monoisotopic (exact) mass is 309 g/mol. The second kappa shape index (κ2) is 7.07. The van der Waals surface area contributed by atoms with Crippen molar-refractivity contribution in [1.82, 2.24) is 5.32 Å². The summed E-state index contributed by atoms with van der Waals surface area (Å²) in [5, 5.41) is 2.98. The first-order valence-corrected chi connectivity index (χ1v) is 8.37. The van der Waals surface area contributed by atoms with E-state index in [1.54, 1.807) is 18.3 Å². The second-order valence-electron chi connectivity index (χ2n) is 5.72. The van der Waals surface area contributed by atoms with Gasteiger partial charge in [-0.3, -0.25) is 4.79 Å². The van der Waals surface area contributed by atoms with Crippen molar-refractivity contribution in [3.63, 3.8) is 0 Å². The molecule has 21 heavy (non-hydrogen) atoms. The molecule has 4 nitrogen and oxygen atoms in total. The number of carbonyl (C=O) groups is 2. The summed E-state index contributed by atoms with van der Waals surface area (Å²) in [6, 6.07) is 2.05. The quantitative estimate of drug-likeness (QED) is 0.868. The third kappa shape index (κ3) is 4.30. The summed E-state index contributed by atoms with van der Waals surface area (Å²) in [6.07, 6.45) is 4.86. The van der Waals surface area contributed by atoms with Crippen molar-refractivity contribution in [1.29, 1.82) is 0 Å². The lowest BCUT2D eigenvalue weighted by Gasteiger charge is -2.24. The summed E-state index contributed by atoms with van der Waals surface area (Å²) in [7, 11) is 0. The molecule has 116 valence electrons. The predicted molar refractivity (Wildman–Crippen MR) is 83.7 cm³/mol. The predicted octanol–water partition coefficient (Wildman–Crippen LogP) is 3.36. The summed E-state index contributed by atoms with van der Waals surface area (Å²) in [5.41, 5.74) is 0.565.